The second kappa shape index (κ2) is 8.47. The molecule has 1 atom stereocenters. The van der Waals surface area contributed by atoms with Gasteiger partial charge in [-0.2, -0.15) is 0 Å². The molecule has 1 aliphatic rings. The maximum atomic E-state index is 13.7. The maximum absolute atomic E-state index is 13.7. The van der Waals surface area contributed by atoms with Crippen LogP contribution in [0.15, 0.2) is 42.5 Å². The fourth-order valence-corrected chi connectivity index (χ4v) is 2.97. The van der Waals surface area contributed by atoms with E-state index in [4.69, 9.17) is 21.1 Å². The van der Waals surface area contributed by atoms with Crippen molar-refractivity contribution < 1.29 is 13.9 Å². The predicted molar refractivity (Wildman–Crippen MR) is 92.9 cm³/mol. The molecule has 128 valence electrons. The topological polar surface area (TPSA) is 30.5 Å². The first-order valence-electron chi connectivity index (χ1n) is 8.19. The van der Waals surface area contributed by atoms with Crippen LogP contribution < -0.4 is 10.1 Å². The lowest BCUT2D eigenvalue weighted by Gasteiger charge is -2.15. The van der Waals surface area contributed by atoms with Crippen molar-refractivity contribution in [1.82, 2.24) is 5.32 Å². The maximum Gasteiger partial charge on any atom is 0.129 e. The van der Waals surface area contributed by atoms with Crippen molar-refractivity contribution >= 4 is 11.6 Å². The Bertz CT molecular complexity index is 674. The quantitative estimate of drug-likeness (QED) is 0.807. The molecular weight excluding hydrogens is 329 g/mol. The van der Waals surface area contributed by atoms with Crippen molar-refractivity contribution in [3.8, 4) is 5.75 Å². The number of halogens is 2. The molecule has 3 nitrogen and oxygen atoms in total. The minimum Gasteiger partial charge on any atom is -0.488 e. The van der Waals surface area contributed by atoms with Gasteiger partial charge in [-0.25, -0.2) is 4.39 Å². The molecule has 1 heterocycles. The highest BCUT2D eigenvalue weighted by molar-refractivity contribution is 6.30. The lowest BCUT2D eigenvalue weighted by atomic mass is 10.2. The van der Waals surface area contributed by atoms with E-state index < -0.39 is 0 Å². The Morgan fingerprint density at radius 2 is 2.08 bits per heavy atom. The first-order valence-corrected chi connectivity index (χ1v) is 8.57. The zero-order valence-corrected chi connectivity index (χ0v) is 14.2. The Morgan fingerprint density at radius 3 is 2.88 bits per heavy atom. The lowest BCUT2D eigenvalue weighted by molar-refractivity contribution is 0.110. The third-order valence-corrected chi connectivity index (χ3v) is 4.31. The summed E-state index contributed by atoms with van der Waals surface area (Å²) in [7, 11) is 0. The summed E-state index contributed by atoms with van der Waals surface area (Å²) >= 11 is 6.10. The summed E-state index contributed by atoms with van der Waals surface area (Å²) in [5, 5.41) is 4.04. The van der Waals surface area contributed by atoms with Crippen LogP contribution in [0.3, 0.4) is 0 Å². The van der Waals surface area contributed by atoms with Crippen LogP contribution in [0.2, 0.25) is 5.02 Å². The lowest BCUT2D eigenvalue weighted by Crippen LogP contribution is -2.26. The van der Waals surface area contributed by atoms with Crippen molar-refractivity contribution in [2.45, 2.75) is 32.1 Å². The van der Waals surface area contributed by atoms with Crippen LogP contribution in [-0.4, -0.2) is 19.3 Å². The van der Waals surface area contributed by atoms with Gasteiger partial charge in [0, 0.05) is 35.8 Å². The van der Waals surface area contributed by atoms with E-state index in [0.717, 1.165) is 31.6 Å². The third kappa shape index (κ3) is 4.69. The van der Waals surface area contributed by atoms with Crippen LogP contribution in [0.5, 0.6) is 5.75 Å². The highest BCUT2D eigenvalue weighted by atomic mass is 35.5. The van der Waals surface area contributed by atoms with E-state index in [1.807, 2.05) is 12.1 Å². The van der Waals surface area contributed by atoms with Crippen LogP contribution >= 0.6 is 11.6 Å². The van der Waals surface area contributed by atoms with Crippen LogP contribution in [0.25, 0.3) is 0 Å². The van der Waals surface area contributed by atoms with Crippen LogP contribution in [0, 0.1) is 5.82 Å². The van der Waals surface area contributed by atoms with Gasteiger partial charge in [0.05, 0.1) is 6.10 Å². The largest absolute Gasteiger partial charge is 0.488 e. The van der Waals surface area contributed by atoms with E-state index in [0.29, 0.717) is 22.9 Å². The molecule has 0 unspecified atom stereocenters. The molecule has 0 aromatic heterocycles. The van der Waals surface area contributed by atoms with E-state index in [-0.39, 0.29) is 18.5 Å². The van der Waals surface area contributed by atoms with Gasteiger partial charge in [0.2, 0.25) is 0 Å². The number of nitrogens with one attached hydrogen (secondary N) is 1. The molecule has 5 heteroatoms. The van der Waals surface area contributed by atoms with E-state index in [2.05, 4.69) is 5.32 Å². The van der Waals surface area contributed by atoms with Gasteiger partial charge >= 0.3 is 0 Å². The van der Waals surface area contributed by atoms with Gasteiger partial charge in [-0.05, 0) is 37.1 Å². The molecule has 1 saturated heterocycles. The molecule has 2 aromatic rings. The first kappa shape index (κ1) is 17.2. The molecule has 2 aromatic carbocycles. The Morgan fingerprint density at radius 1 is 1.21 bits per heavy atom. The number of hydrogen-bond donors (Lipinski definition) is 1. The molecule has 0 bridgehead atoms. The van der Waals surface area contributed by atoms with Gasteiger partial charge in [-0.3, -0.25) is 0 Å². The first-order chi connectivity index (χ1) is 11.7. The Labute approximate surface area is 146 Å². The molecule has 24 heavy (non-hydrogen) atoms. The Hall–Kier alpha value is -1.62. The summed E-state index contributed by atoms with van der Waals surface area (Å²) in [6.45, 7) is 2.47. The van der Waals surface area contributed by atoms with Gasteiger partial charge in [0.15, 0.2) is 0 Å². The number of hydrogen-bond acceptors (Lipinski definition) is 3. The van der Waals surface area contributed by atoms with E-state index in [1.54, 1.807) is 24.3 Å². The average Bonchev–Trinajstić information content (AvgIpc) is 3.09. The summed E-state index contributed by atoms with van der Waals surface area (Å²) in [4.78, 5) is 0. The molecule has 0 saturated carbocycles. The summed E-state index contributed by atoms with van der Waals surface area (Å²) in [5.74, 6) is 0.451. The zero-order valence-electron chi connectivity index (χ0n) is 13.4. The Kier molecular flexibility index (Phi) is 6.07. The summed E-state index contributed by atoms with van der Waals surface area (Å²) in [6, 6.07) is 12.1. The molecular formula is C19H21ClFNO2. The van der Waals surface area contributed by atoms with Crippen molar-refractivity contribution in [1.29, 1.82) is 0 Å². The smallest absolute Gasteiger partial charge is 0.129 e. The molecule has 0 spiro atoms. The molecule has 1 aliphatic heterocycles. The number of rotatable bonds is 7. The number of ether oxygens (including phenoxy) is 2. The van der Waals surface area contributed by atoms with Crippen molar-refractivity contribution in [3.05, 3.63) is 64.4 Å². The molecule has 1 N–H and O–H groups in total. The van der Waals surface area contributed by atoms with Crippen molar-refractivity contribution in [2.75, 3.05) is 13.2 Å². The fourth-order valence-electron chi connectivity index (χ4n) is 2.77. The molecule has 0 amide bonds. The van der Waals surface area contributed by atoms with Crippen LogP contribution in [0.4, 0.5) is 4.39 Å². The Balaban J connectivity index is 1.60. The van der Waals surface area contributed by atoms with Gasteiger partial charge in [-0.15, -0.1) is 0 Å². The van der Waals surface area contributed by atoms with Gasteiger partial charge in [0.1, 0.15) is 18.2 Å². The SMILES string of the molecule is Fc1ccccc1COc1ccc(Cl)cc1CNC[C@@H]1CCCO1. The fraction of sp³-hybridized carbons (Fsp3) is 0.368. The highest BCUT2D eigenvalue weighted by Crippen LogP contribution is 2.24. The second-order valence-corrected chi connectivity index (χ2v) is 6.33. The van der Waals surface area contributed by atoms with Crippen molar-refractivity contribution in [3.63, 3.8) is 0 Å². The highest BCUT2D eigenvalue weighted by Gasteiger charge is 2.15. The zero-order chi connectivity index (χ0) is 16.8. The molecule has 1 fully saturated rings. The predicted octanol–water partition coefficient (Wildman–Crippen LogP) is 4.33. The normalized spacial score (nSPS) is 17.2. The summed E-state index contributed by atoms with van der Waals surface area (Å²) in [5.41, 5.74) is 1.49. The average molecular weight is 350 g/mol. The monoisotopic (exact) mass is 349 g/mol. The van der Waals surface area contributed by atoms with E-state index in [1.165, 1.54) is 6.07 Å². The third-order valence-electron chi connectivity index (χ3n) is 4.07. The summed E-state index contributed by atoms with van der Waals surface area (Å²) in [6.07, 6.45) is 2.51. The summed E-state index contributed by atoms with van der Waals surface area (Å²) < 4.78 is 25.1. The van der Waals surface area contributed by atoms with Gasteiger partial charge in [0.25, 0.3) is 0 Å². The minimum absolute atomic E-state index is 0.188. The number of benzene rings is 2. The van der Waals surface area contributed by atoms with Gasteiger partial charge < -0.3 is 14.8 Å². The van der Waals surface area contributed by atoms with Crippen molar-refractivity contribution in [2.24, 2.45) is 0 Å². The minimum atomic E-state index is -0.260. The second-order valence-electron chi connectivity index (χ2n) is 5.90. The van der Waals surface area contributed by atoms with Crippen LogP contribution in [0.1, 0.15) is 24.0 Å². The van der Waals surface area contributed by atoms with E-state index in [9.17, 15) is 4.39 Å². The molecule has 0 aliphatic carbocycles. The van der Waals surface area contributed by atoms with Crippen LogP contribution in [-0.2, 0) is 17.9 Å². The molecule has 0 radical (unpaired) electrons. The van der Waals surface area contributed by atoms with Gasteiger partial charge in [-0.1, -0.05) is 29.8 Å². The van der Waals surface area contributed by atoms with E-state index >= 15 is 0 Å². The standard InChI is InChI=1S/C19H21ClFNO2/c20-16-7-8-19(24-13-14-4-1-2-6-18(14)21)15(10-16)11-22-12-17-5-3-9-23-17/h1-2,4,6-8,10,17,22H,3,5,9,11-13H2/t17-/m0/s1. The molecule has 3 rings (SSSR count).